The van der Waals surface area contributed by atoms with E-state index < -0.39 is 5.97 Å². The summed E-state index contributed by atoms with van der Waals surface area (Å²) in [5.41, 5.74) is 0. The molecule has 0 saturated heterocycles. The van der Waals surface area contributed by atoms with Gasteiger partial charge >= 0.3 is 5.97 Å². The Bertz CT molecular complexity index is 1400. The molecule has 16 rings (SSSR count). The molecule has 16 bridgehead atoms. The van der Waals surface area contributed by atoms with Gasteiger partial charge in [-0.25, -0.2) is 0 Å². The molecule has 0 radical (unpaired) electrons. The Morgan fingerprint density at radius 3 is 0.472 bits per heavy atom. The number of rotatable bonds is 12. The van der Waals surface area contributed by atoms with Crippen LogP contribution < -0.4 is 0 Å². The molecule has 0 amide bonds. The van der Waals surface area contributed by atoms with Gasteiger partial charge in [-0.2, -0.15) is 0 Å². The Hall–Kier alpha value is -0.310. The van der Waals surface area contributed by atoms with E-state index in [1.54, 1.807) is 300 Å². The summed E-state index contributed by atoms with van der Waals surface area (Å²) in [4.78, 5) is 38.5. The molecule has 0 spiro atoms. The summed E-state index contributed by atoms with van der Waals surface area (Å²) in [5, 5.41) is 7.45. The van der Waals surface area contributed by atoms with E-state index >= 15 is 0 Å². The summed E-state index contributed by atoms with van der Waals surface area (Å²) in [5.74, 6) is 18.0. The van der Waals surface area contributed by atoms with Crippen LogP contribution in [-0.4, -0.2) is 70.5 Å². The van der Waals surface area contributed by atoms with Crippen LogP contribution in [0.15, 0.2) is 12.8 Å². The Morgan fingerprint density at radius 2 is 0.462 bits per heavy atom. The molecule has 1 N–H and O–H groups in total. The lowest BCUT2D eigenvalue weighted by Gasteiger charge is -2.05. The third-order valence-electron chi connectivity index (χ3n) is 23.6. The third-order valence-corrected chi connectivity index (χ3v) is 25.3. The lowest BCUT2D eigenvalue weighted by atomic mass is 10.0. The molecule has 9 nitrogen and oxygen atoms in total. The van der Waals surface area contributed by atoms with Gasteiger partial charge in [-0.3, -0.25) is 19.2 Å². The van der Waals surface area contributed by atoms with Crippen molar-refractivity contribution in [3.8, 4) is 0 Å². The van der Waals surface area contributed by atoms with E-state index in [4.69, 9.17) is 37.8 Å². The molecule has 646 valence electrons. The Balaban J connectivity index is -0.000000116. The molecule has 0 aromatic rings. The quantitative estimate of drug-likeness (QED) is 0.0880. The second-order valence-corrected chi connectivity index (χ2v) is 33.4. The maximum absolute atomic E-state index is 9.80. The van der Waals surface area contributed by atoms with E-state index in [-0.39, 0.29) is 94.4 Å². The number of carboxylic acids is 1. The minimum absolute atomic E-state index is 0. The Kier molecular flexibility index (Phi) is 100. The molecule has 16 aliphatic rings. The molecule has 16 saturated carbocycles. The Labute approximate surface area is 698 Å². The highest BCUT2D eigenvalue weighted by atomic mass is 127. The molecule has 0 atom stereocenters. The predicted molar refractivity (Wildman–Crippen MR) is 489 cm³/mol. The van der Waals surface area contributed by atoms with Gasteiger partial charge < -0.3 is 24.1 Å². The van der Waals surface area contributed by atoms with Crippen LogP contribution in [0.5, 0.6) is 0 Å². The smallest absolute Gasteiger partial charge is 0.303 e. The average molecular weight is 1730 g/mol. The van der Waals surface area contributed by atoms with Crippen molar-refractivity contribution in [3.05, 3.63) is 12.8 Å². The van der Waals surface area contributed by atoms with Crippen molar-refractivity contribution in [2.75, 3.05) is 45.7 Å². The monoisotopic (exact) mass is 1730 g/mol. The van der Waals surface area contributed by atoms with Crippen molar-refractivity contribution in [2.45, 2.75) is 426 Å². The number of aliphatic carboxylic acids is 1. The predicted octanol–water partition coefficient (Wildman–Crippen LogP) is 32.7. The van der Waals surface area contributed by atoms with Crippen molar-refractivity contribution in [1.82, 2.24) is 0 Å². The maximum atomic E-state index is 9.80. The van der Waals surface area contributed by atoms with Crippen molar-refractivity contribution >= 4 is 81.4 Å². The van der Waals surface area contributed by atoms with Crippen LogP contribution in [-0.2, 0) is 38.1 Å². The lowest BCUT2D eigenvalue weighted by molar-refractivity contribution is -0.136. The summed E-state index contributed by atoms with van der Waals surface area (Å²) in [6, 6.07) is 0.316. The van der Waals surface area contributed by atoms with Gasteiger partial charge in [0.25, 0.3) is 0 Å². The van der Waals surface area contributed by atoms with Crippen molar-refractivity contribution in [3.63, 3.8) is 0 Å². The normalized spacial score (nSPS) is 28.3. The van der Waals surface area contributed by atoms with Crippen LogP contribution in [0.25, 0.3) is 0 Å². The third kappa shape index (κ3) is 67.1. The molecule has 16 aliphatic carbocycles. The number of alkyl halides is 1. The first-order valence-corrected chi connectivity index (χ1v) is 43.4. The van der Waals surface area contributed by atoms with Gasteiger partial charge in [0.05, 0.1) is 12.9 Å². The average Bonchev–Trinajstić information content (AvgIpc) is 1.82. The van der Waals surface area contributed by atoms with E-state index in [2.05, 4.69) is 32.0 Å². The first-order chi connectivity index (χ1) is 46.3. The molecule has 16 fully saturated rings. The van der Waals surface area contributed by atoms with E-state index in [0.29, 0.717) is 31.9 Å². The fourth-order valence-electron chi connectivity index (χ4n) is 18.0. The number of carbonyl (C=O) groups is 4. The topological polar surface area (TPSA) is 125 Å². The summed E-state index contributed by atoms with van der Waals surface area (Å²) >= 11 is 14.4. The number of halogens is 4. The van der Waals surface area contributed by atoms with Gasteiger partial charge in [-0.15, -0.1) is 0 Å². The van der Waals surface area contributed by atoms with E-state index in [1.165, 1.54) is 101 Å². The standard InChI is InChI=1S/8C7H12.2C4H10O.C4H8O.C3H5BrO.C3H7ClO.C3H5ClO.C3H5IO.C3H6O2.10CH4/c8*1-2-7-4-3-6(1)5-7;3*1-3-5-4-2;1-2-3(4)5;1-2-5-3-4;3*1-2-3(4)5;;;;;;;;;;/h8*6-7H,1-5H2;2*3-4H2,1-2H3;3H,1,4H2,2H3;2H2,1H3;2-3H2,1H3;2*2H2,1H3;2H2,1H3,(H,4,5);10*1H4. The molecule has 0 aromatic heterocycles. The molecular formula is C93H192BrCl2IO9. The van der Waals surface area contributed by atoms with Crippen molar-refractivity contribution < 1.29 is 43.2 Å². The second-order valence-electron chi connectivity index (χ2n) is 30.6. The highest BCUT2D eigenvalue weighted by molar-refractivity contribution is 14.1. The van der Waals surface area contributed by atoms with Gasteiger partial charge in [0.2, 0.25) is 5.24 Å². The number of hydrogen-bond donors (Lipinski definition) is 1. The van der Waals surface area contributed by atoms with Crippen LogP contribution >= 0.6 is 61.7 Å². The number of carbonyl (C=O) groups excluding carboxylic acids is 3. The highest BCUT2D eigenvalue weighted by Gasteiger charge is 2.35. The fourth-order valence-corrected chi connectivity index (χ4v) is 18.2. The first-order valence-electron chi connectivity index (χ1n) is 40.6. The SMILES string of the molecule is C.C.C.C.C.C.C.C.C.C.C1CC2CCC1C2.C1CC2CCC1C2.C1CC2CCC1C2.C1CC2CCC1C2.C1CC2CCC1C2.C1CC2CCC1C2.C1CC2CCC1C2.C1CC2CCC1C2.C=COCC.CCC(=O)Br.CCC(=O)Cl.CCC(=O)I.CCC(=O)O.CCOCC.CCOCC.CCOCCl. The molecular weight excluding hydrogens is 1540 g/mol. The summed E-state index contributed by atoms with van der Waals surface area (Å²) < 4.78 is 19.2. The summed E-state index contributed by atoms with van der Waals surface area (Å²) in [7, 11) is 0. The fraction of sp³-hybridized carbons (Fsp3) is 0.935. The lowest BCUT2D eigenvalue weighted by Crippen LogP contribution is -1.90. The second kappa shape index (κ2) is 84.1. The molecule has 13 heteroatoms. The largest absolute Gasteiger partial charge is 0.502 e. The number of ether oxygens (including phenoxy) is 4. The van der Waals surface area contributed by atoms with Gasteiger partial charge in [-0.1, -0.05) is 326 Å². The molecule has 0 unspecified atom stereocenters. The molecule has 106 heavy (non-hydrogen) atoms. The Morgan fingerprint density at radius 1 is 0.330 bits per heavy atom. The van der Waals surface area contributed by atoms with Crippen LogP contribution in [0.2, 0.25) is 0 Å². The molecule has 0 aliphatic heterocycles. The minimum Gasteiger partial charge on any atom is -0.502 e. The van der Waals surface area contributed by atoms with Gasteiger partial charge in [-0.05, 0) is 238 Å². The van der Waals surface area contributed by atoms with Crippen LogP contribution in [0.1, 0.15) is 426 Å². The van der Waals surface area contributed by atoms with Gasteiger partial charge in [0.15, 0.2) is 8.48 Å². The van der Waals surface area contributed by atoms with E-state index in [9.17, 15) is 19.2 Å². The first kappa shape index (κ1) is 127. The van der Waals surface area contributed by atoms with E-state index in [1.807, 2.05) is 48.5 Å². The maximum Gasteiger partial charge on any atom is 0.303 e. The minimum atomic E-state index is -0.745. The molecule has 0 aromatic carbocycles. The van der Waals surface area contributed by atoms with Crippen LogP contribution in [0, 0.1) is 94.7 Å². The number of fused-ring (bicyclic) bond motifs is 16. The zero-order valence-electron chi connectivity index (χ0n) is 63.8. The van der Waals surface area contributed by atoms with Crippen LogP contribution in [0.3, 0.4) is 0 Å². The van der Waals surface area contributed by atoms with E-state index in [0.717, 1.165) is 33.0 Å². The number of hydrogen-bond acceptors (Lipinski definition) is 8. The van der Waals surface area contributed by atoms with Crippen molar-refractivity contribution in [2.24, 2.45) is 94.7 Å². The highest BCUT2D eigenvalue weighted by Crippen LogP contribution is 2.49. The molecule has 0 heterocycles. The van der Waals surface area contributed by atoms with Crippen molar-refractivity contribution in [1.29, 1.82) is 0 Å². The zero-order valence-corrected chi connectivity index (χ0v) is 69.1. The van der Waals surface area contributed by atoms with Crippen LogP contribution in [0.4, 0.5) is 0 Å². The van der Waals surface area contributed by atoms with Gasteiger partial charge in [0.1, 0.15) is 6.07 Å². The summed E-state index contributed by atoms with van der Waals surface area (Å²) in [6.07, 6.45) is 65.9. The zero-order chi connectivity index (χ0) is 71.1. The summed E-state index contributed by atoms with van der Waals surface area (Å²) in [6.45, 7) is 26.9. The van der Waals surface area contributed by atoms with Gasteiger partial charge in [0, 0.05) is 58.7 Å². The number of carboxylic acid groups (broad SMARTS) is 1.